The fourth-order valence-corrected chi connectivity index (χ4v) is 4.41. The van der Waals surface area contributed by atoms with Crippen molar-refractivity contribution in [3.05, 3.63) is 80.5 Å². The first-order valence-corrected chi connectivity index (χ1v) is 9.55. The van der Waals surface area contributed by atoms with E-state index in [4.69, 9.17) is 0 Å². The van der Waals surface area contributed by atoms with Crippen LogP contribution < -0.4 is 11.2 Å². The van der Waals surface area contributed by atoms with Gasteiger partial charge in [0.25, 0.3) is 0 Å². The van der Waals surface area contributed by atoms with Crippen LogP contribution >= 0.6 is 11.3 Å². The van der Waals surface area contributed by atoms with Crippen LogP contribution in [0, 0.1) is 0 Å². The van der Waals surface area contributed by atoms with Gasteiger partial charge >= 0.3 is 11.2 Å². The van der Waals surface area contributed by atoms with Crippen LogP contribution in [-0.2, 0) is 12.0 Å². The molecule has 0 atom stereocenters. The molecule has 0 radical (unpaired) electrons. The van der Waals surface area contributed by atoms with E-state index in [1.807, 2.05) is 36.4 Å². The lowest BCUT2D eigenvalue weighted by Crippen LogP contribution is -2.38. The van der Waals surface area contributed by atoms with Gasteiger partial charge in [-0.15, -0.1) is 11.3 Å². The predicted octanol–water partition coefficient (Wildman–Crippen LogP) is 3.96. The van der Waals surface area contributed by atoms with Crippen molar-refractivity contribution in [1.82, 2.24) is 9.30 Å². The number of hydrogen-bond acceptors (Lipinski definition) is 4. The van der Waals surface area contributed by atoms with Crippen molar-refractivity contribution >= 4 is 31.6 Å². The number of aromatic nitrogens is 2. The first kappa shape index (κ1) is 17.5. The summed E-state index contributed by atoms with van der Waals surface area (Å²) in [6.07, 6.45) is 0. The molecule has 5 nitrogen and oxygen atoms in total. The normalized spacial score (nSPS) is 12.1. The Balaban J connectivity index is 1.93. The van der Waals surface area contributed by atoms with Crippen molar-refractivity contribution in [3.63, 3.8) is 0 Å². The Bertz CT molecular complexity index is 1270. The third kappa shape index (κ3) is 2.86. The second kappa shape index (κ2) is 6.09. The number of hydrogen-bond donors (Lipinski definition) is 1. The zero-order valence-corrected chi connectivity index (χ0v) is 16.2. The Hall–Kier alpha value is -2.86. The van der Waals surface area contributed by atoms with E-state index >= 15 is 0 Å². The van der Waals surface area contributed by atoms with Crippen molar-refractivity contribution < 1.29 is 5.21 Å². The van der Waals surface area contributed by atoms with Crippen LogP contribution in [-0.4, -0.2) is 14.5 Å². The van der Waals surface area contributed by atoms with Crippen LogP contribution in [0.3, 0.4) is 0 Å². The van der Waals surface area contributed by atoms with Crippen LogP contribution in [0.4, 0.5) is 0 Å². The molecular formula is C21H20N2O3S. The van der Waals surface area contributed by atoms with E-state index in [9.17, 15) is 14.8 Å². The lowest BCUT2D eigenvalue weighted by Gasteiger charge is -2.19. The van der Waals surface area contributed by atoms with Gasteiger partial charge in [0.2, 0.25) is 0 Å². The summed E-state index contributed by atoms with van der Waals surface area (Å²) in [7, 11) is 0. The minimum Gasteiger partial charge on any atom is -0.421 e. The highest BCUT2D eigenvalue weighted by Crippen LogP contribution is 2.31. The van der Waals surface area contributed by atoms with E-state index in [2.05, 4.69) is 32.9 Å². The molecule has 0 unspecified atom stereocenters. The van der Waals surface area contributed by atoms with Crippen molar-refractivity contribution in [1.29, 1.82) is 0 Å². The van der Waals surface area contributed by atoms with Gasteiger partial charge < -0.3 is 5.21 Å². The fourth-order valence-electron chi connectivity index (χ4n) is 3.28. The summed E-state index contributed by atoms with van der Waals surface area (Å²) in [5.41, 5.74) is 1.37. The van der Waals surface area contributed by atoms with Gasteiger partial charge in [0.15, 0.2) is 0 Å². The molecule has 6 heteroatoms. The Kier molecular flexibility index (Phi) is 3.96. The van der Waals surface area contributed by atoms with E-state index in [-0.39, 0.29) is 16.7 Å². The van der Waals surface area contributed by atoms with Crippen LogP contribution in [0.25, 0.3) is 20.3 Å². The van der Waals surface area contributed by atoms with Crippen molar-refractivity contribution in [2.45, 2.75) is 32.7 Å². The summed E-state index contributed by atoms with van der Waals surface area (Å²) in [4.78, 5) is 25.0. The summed E-state index contributed by atoms with van der Waals surface area (Å²) in [5.74, 6) is 0. The van der Waals surface area contributed by atoms with Gasteiger partial charge in [-0.3, -0.25) is 9.36 Å². The molecule has 27 heavy (non-hydrogen) atoms. The number of rotatable bonds is 2. The van der Waals surface area contributed by atoms with Crippen molar-refractivity contribution in [2.75, 3.05) is 0 Å². The Labute approximate surface area is 159 Å². The zero-order chi connectivity index (χ0) is 19.3. The van der Waals surface area contributed by atoms with Crippen LogP contribution in [0.2, 0.25) is 0 Å². The van der Waals surface area contributed by atoms with E-state index in [1.54, 1.807) is 0 Å². The number of nitrogens with zero attached hydrogens (tertiary/aromatic N) is 2. The molecule has 4 aromatic rings. The molecule has 0 aliphatic rings. The highest BCUT2D eigenvalue weighted by atomic mass is 32.1. The molecule has 138 valence electrons. The van der Waals surface area contributed by atoms with Crippen molar-refractivity contribution in [3.8, 4) is 0 Å². The summed E-state index contributed by atoms with van der Waals surface area (Å²) in [6.45, 7) is 6.72. The minimum absolute atomic E-state index is 0.0462. The molecule has 0 fully saturated rings. The third-order valence-corrected chi connectivity index (χ3v) is 5.95. The van der Waals surface area contributed by atoms with Gasteiger partial charge in [0.05, 0.1) is 12.1 Å². The average molecular weight is 380 g/mol. The lowest BCUT2D eigenvalue weighted by atomic mass is 9.87. The minimum atomic E-state index is -0.726. The summed E-state index contributed by atoms with van der Waals surface area (Å²) in [5, 5.41) is 10.9. The molecule has 0 bridgehead atoms. The maximum atomic E-state index is 12.7. The summed E-state index contributed by atoms with van der Waals surface area (Å²) < 4.78 is 2.97. The maximum Gasteiger partial charge on any atom is 0.365 e. The third-order valence-electron chi connectivity index (χ3n) is 4.80. The van der Waals surface area contributed by atoms with E-state index in [0.717, 1.165) is 15.6 Å². The second-order valence-electron chi connectivity index (χ2n) is 7.71. The highest BCUT2D eigenvalue weighted by molar-refractivity contribution is 7.25. The molecule has 1 N–H and O–H groups in total. The van der Waals surface area contributed by atoms with E-state index < -0.39 is 11.2 Å². The molecule has 0 saturated carbocycles. The molecule has 2 heterocycles. The van der Waals surface area contributed by atoms with Gasteiger partial charge in [-0.25, -0.2) is 4.79 Å². The zero-order valence-electron chi connectivity index (χ0n) is 15.4. The smallest absolute Gasteiger partial charge is 0.365 e. The van der Waals surface area contributed by atoms with Crippen LogP contribution in [0.5, 0.6) is 0 Å². The van der Waals surface area contributed by atoms with Crippen LogP contribution in [0.15, 0.2) is 58.1 Å². The van der Waals surface area contributed by atoms with E-state index in [1.165, 1.54) is 21.5 Å². The first-order chi connectivity index (χ1) is 12.8. The van der Waals surface area contributed by atoms with Gasteiger partial charge in [-0.1, -0.05) is 68.0 Å². The standard InChI is InChI=1S/C21H20N2O3S/c1-21(2,3)14-10-8-13(9-11-14)12-22-17-15-6-4-5-7-16(15)27-18(17)19(24)23(26)20(22)25/h4-11,26H,12H2,1-3H3. The fraction of sp³-hybridized carbons (Fsp3) is 0.238. The highest BCUT2D eigenvalue weighted by Gasteiger charge is 2.18. The first-order valence-electron chi connectivity index (χ1n) is 8.73. The number of thiophene rings is 1. The predicted molar refractivity (Wildman–Crippen MR) is 109 cm³/mol. The molecule has 0 aliphatic heterocycles. The van der Waals surface area contributed by atoms with Crippen molar-refractivity contribution in [2.24, 2.45) is 0 Å². The van der Waals surface area contributed by atoms with E-state index in [0.29, 0.717) is 10.2 Å². The van der Waals surface area contributed by atoms with Gasteiger partial charge in [-0.05, 0) is 22.6 Å². The monoisotopic (exact) mass is 380 g/mol. The Morgan fingerprint density at radius 2 is 1.67 bits per heavy atom. The molecule has 0 spiro atoms. The largest absolute Gasteiger partial charge is 0.421 e. The van der Waals surface area contributed by atoms with Gasteiger partial charge in [-0.2, -0.15) is 0 Å². The molecule has 0 aliphatic carbocycles. The number of benzene rings is 2. The summed E-state index contributed by atoms with van der Waals surface area (Å²) >= 11 is 1.29. The quantitative estimate of drug-likeness (QED) is 0.535. The number of fused-ring (bicyclic) bond motifs is 3. The molecule has 2 aromatic carbocycles. The second-order valence-corrected chi connectivity index (χ2v) is 8.76. The molecule has 0 amide bonds. The lowest BCUT2D eigenvalue weighted by molar-refractivity contribution is 0.158. The Morgan fingerprint density at radius 3 is 2.33 bits per heavy atom. The topological polar surface area (TPSA) is 64.2 Å². The molecule has 4 rings (SSSR count). The Morgan fingerprint density at radius 1 is 1.00 bits per heavy atom. The maximum absolute atomic E-state index is 12.7. The SMILES string of the molecule is CC(C)(C)c1ccc(Cn2c(=O)n(O)c(=O)c3sc4ccccc4c32)cc1. The average Bonchev–Trinajstić information content (AvgIpc) is 3.03. The van der Waals surface area contributed by atoms with Crippen LogP contribution in [0.1, 0.15) is 31.9 Å². The van der Waals surface area contributed by atoms with Gasteiger partial charge in [0.1, 0.15) is 4.70 Å². The molecule has 2 aromatic heterocycles. The molecule has 0 saturated heterocycles. The molecular weight excluding hydrogens is 360 g/mol. The summed E-state index contributed by atoms with van der Waals surface area (Å²) in [6, 6.07) is 15.7. The van der Waals surface area contributed by atoms with Gasteiger partial charge in [0, 0.05) is 10.1 Å².